The lowest BCUT2D eigenvalue weighted by atomic mass is 9.76. The Balaban J connectivity index is 1.30. The van der Waals surface area contributed by atoms with Crippen molar-refractivity contribution in [3.8, 4) is 22.5 Å². The average Bonchev–Trinajstić information content (AvgIpc) is 3.69. The lowest BCUT2D eigenvalue weighted by molar-refractivity contribution is -0.944. The summed E-state index contributed by atoms with van der Waals surface area (Å²) in [7, 11) is 0. The smallest absolute Gasteiger partial charge is 0.272 e. The number of benzene rings is 5. The summed E-state index contributed by atoms with van der Waals surface area (Å²) in [5.41, 5.74) is 14.7. The van der Waals surface area contributed by atoms with Gasteiger partial charge in [0.15, 0.2) is 23.6 Å². The quantitative estimate of drug-likeness (QED) is 0.166. The van der Waals surface area contributed by atoms with E-state index >= 15 is 0 Å². The van der Waals surface area contributed by atoms with Crippen molar-refractivity contribution in [1.82, 2.24) is 9.88 Å². The second-order valence-electron chi connectivity index (χ2n) is 20.7. The first kappa shape index (κ1) is 37.9. The van der Waals surface area contributed by atoms with Gasteiger partial charge in [-0.25, -0.2) is 0 Å². The van der Waals surface area contributed by atoms with Gasteiger partial charge in [-0.05, 0) is 91.9 Å². The first-order valence-corrected chi connectivity index (χ1v) is 23.3. The fourth-order valence-corrected chi connectivity index (χ4v) is 12.5. The van der Waals surface area contributed by atoms with E-state index in [1.165, 1.54) is 147 Å². The van der Waals surface area contributed by atoms with Crippen LogP contribution in [0.15, 0.2) is 104 Å². The van der Waals surface area contributed by atoms with Gasteiger partial charge in [-0.2, -0.15) is 4.58 Å². The molecule has 5 aliphatic rings. The third kappa shape index (κ3) is 5.37. The molecular formula is C56H62N4+2. The van der Waals surface area contributed by atoms with Crippen LogP contribution in [0.4, 0.5) is 0 Å². The van der Waals surface area contributed by atoms with Crippen molar-refractivity contribution in [2.75, 3.05) is 0 Å². The van der Waals surface area contributed by atoms with Gasteiger partial charge in [-0.15, -0.1) is 4.57 Å². The Kier molecular flexibility index (Phi) is 8.66. The highest BCUT2D eigenvalue weighted by atomic mass is 15.5. The molecule has 1 spiro atoms. The molecule has 3 heterocycles. The van der Waals surface area contributed by atoms with Crippen LogP contribution < -0.4 is 4.57 Å². The first-order chi connectivity index (χ1) is 29.0. The molecule has 0 amide bonds. The Hall–Kier alpha value is -5.09. The summed E-state index contributed by atoms with van der Waals surface area (Å²) < 4.78 is 5.60. The van der Waals surface area contributed by atoms with Gasteiger partial charge in [0.2, 0.25) is 0 Å². The van der Waals surface area contributed by atoms with Gasteiger partial charge in [-0.3, -0.25) is 4.90 Å². The molecule has 0 bridgehead atoms. The molecule has 2 saturated carbocycles. The Bertz CT molecular complexity index is 2770. The summed E-state index contributed by atoms with van der Waals surface area (Å²) in [4.78, 5) is 8.67. The molecule has 1 aromatic heterocycles. The number of nitrogens with zero attached hydrogens (tertiary/aromatic N) is 4. The van der Waals surface area contributed by atoms with Crippen LogP contribution in [0.5, 0.6) is 0 Å². The standard InChI is InChI=1S/C56H62N4/c1-36(2)46-32-38-21-17-18-26-44(38)49-50(46)55(6,7)51-52(49)57-35-60-53(51)48-45-29-28-41(54(3,4)5)31-39(45)27-30-47(48)56(60)58(42-22-13-9-14-23-42)33-40(37-19-11-8-12-20-37)34-59(56)43-24-15-10-16-25-43/h8,11-12,17-21,26-36,42-43H,9-10,13-16,22-25H2,1-7H3/q+2. The lowest BCUT2D eigenvalue weighted by Gasteiger charge is -2.45. The van der Waals surface area contributed by atoms with Crippen molar-refractivity contribution in [3.63, 3.8) is 0 Å². The first-order valence-electron chi connectivity index (χ1n) is 23.3. The Morgan fingerprint density at radius 3 is 2.13 bits per heavy atom. The summed E-state index contributed by atoms with van der Waals surface area (Å²) in [5.74, 6) is -0.231. The van der Waals surface area contributed by atoms with Crippen molar-refractivity contribution in [3.05, 3.63) is 137 Å². The zero-order valence-corrected chi connectivity index (χ0v) is 37.0. The highest BCUT2D eigenvalue weighted by Crippen LogP contribution is 2.59. The number of hydrogen-bond donors (Lipinski definition) is 0. The molecule has 304 valence electrons. The van der Waals surface area contributed by atoms with Crippen LogP contribution in [0.25, 0.3) is 49.6 Å². The predicted octanol–water partition coefficient (Wildman–Crippen LogP) is 13.1. The van der Waals surface area contributed by atoms with Crippen molar-refractivity contribution >= 4 is 33.3 Å². The van der Waals surface area contributed by atoms with Gasteiger partial charge >= 0.3 is 5.79 Å². The highest BCUT2D eigenvalue weighted by Gasteiger charge is 2.67. The van der Waals surface area contributed by atoms with E-state index in [2.05, 4.69) is 172 Å². The normalized spacial score (nSPS) is 21.3. The molecule has 6 aromatic rings. The maximum absolute atomic E-state index is 5.79. The largest absolute Gasteiger partial charge is 0.417 e. The van der Waals surface area contributed by atoms with E-state index in [0.29, 0.717) is 18.0 Å². The van der Waals surface area contributed by atoms with Crippen molar-refractivity contribution in [1.29, 1.82) is 0 Å². The van der Waals surface area contributed by atoms with E-state index in [-0.39, 0.29) is 10.8 Å². The minimum Gasteiger partial charge on any atom is -0.272 e. The van der Waals surface area contributed by atoms with E-state index in [9.17, 15) is 0 Å². The molecule has 3 aliphatic carbocycles. The van der Waals surface area contributed by atoms with Gasteiger partial charge < -0.3 is 0 Å². The summed E-state index contributed by atoms with van der Waals surface area (Å²) in [6.45, 7) is 16.8. The third-order valence-corrected chi connectivity index (χ3v) is 15.3. The molecule has 1 unspecified atom stereocenters. The summed E-state index contributed by atoms with van der Waals surface area (Å²) in [6.07, 6.45) is 20.0. The van der Waals surface area contributed by atoms with Gasteiger partial charge in [0.05, 0.1) is 11.1 Å². The van der Waals surface area contributed by atoms with E-state index in [1.807, 2.05) is 0 Å². The monoisotopic (exact) mass is 790 g/mol. The molecule has 0 N–H and O–H groups in total. The average molecular weight is 791 g/mol. The maximum atomic E-state index is 5.79. The van der Waals surface area contributed by atoms with Crippen LogP contribution >= 0.6 is 0 Å². The molecule has 2 fully saturated rings. The van der Waals surface area contributed by atoms with Gasteiger partial charge in [0.25, 0.3) is 6.33 Å². The minimum absolute atomic E-state index is 0.0523. The van der Waals surface area contributed by atoms with Crippen LogP contribution in [0, 0.1) is 0 Å². The van der Waals surface area contributed by atoms with Crippen LogP contribution in [0.1, 0.15) is 152 Å². The number of rotatable bonds is 4. The Labute approximate surface area is 357 Å². The van der Waals surface area contributed by atoms with Crippen molar-refractivity contribution in [2.24, 2.45) is 0 Å². The van der Waals surface area contributed by atoms with Crippen LogP contribution in [0.3, 0.4) is 0 Å². The SMILES string of the molecule is CC(C)c1cc2ccccc2c2c1C(C)(C)c1c-2nc[n+]2c1-c1c(ccc3cc(C(C)(C)C)ccc13)C21N(C2CCCCC2)C=C(c2ccccc2)C=[N+]1C1CCCCC1. The number of fused-ring (bicyclic) bond motifs is 13. The molecule has 2 aliphatic heterocycles. The second-order valence-corrected chi connectivity index (χ2v) is 20.7. The number of allylic oxidation sites excluding steroid dienone is 1. The minimum atomic E-state index is -0.611. The maximum Gasteiger partial charge on any atom is 0.417 e. The fraction of sp³-hybridized carbons (Fsp3) is 0.411. The van der Waals surface area contributed by atoms with Gasteiger partial charge in [0, 0.05) is 41.6 Å². The topological polar surface area (TPSA) is 23.0 Å². The van der Waals surface area contributed by atoms with Crippen LogP contribution in [0.2, 0.25) is 0 Å². The third-order valence-electron chi connectivity index (χ3n) is 15.3. The summed E-state index contributed by atoms with van der Waals surface area (Å²) in [5, 5.41) is 5.30. The molecule has 1 atom stereocenters. The molecule has 4 nitrogen and oxygen atoms in total. The van der Waals surface area contributed by atoms with Crippen LogP contribution in [-0.2, 0) is 16.6 Å². The molecule has 11 rings (SSSR count). The molecule has 0 saturated heterocycles. The van der Waals surface area contributed by atoms with E-state index < -0.39 is 5.79 Å². The summed E-state index contributed by atoms with van der Waals surface area (Å²) >= 11 is 0. The van der Waals surface area contributed by atoms with E-state index in [4.69, 9.17) is 4.98 Å². The lowest BCUT2D eigenvalue weighted by Crippen LogP contribution is -2.74. The highest BCUT2D eigenvalue weighted by molar-refractivity contribution is 6.09. The number of aromatic nitrogens is 2. The van der Waals surface area contributed by atoms with Crippen molar-refractivity contribution in [2.45, 2.75) is 147 Å². The van der Waals surface area contributed by atoms with E-state index in [1.54, 1.807) is 0 Å². The zero-order valence-electron chi connectivity index (χ0n) is 37.0. The van der Waals surface area contributed by atoms with E-state index in [0.717, 1.165) is 0 Å². The molecular weight excluding hydrogens is 729 g/mol. The Morgan fingerprint density at radius 2 is 1.40 bits per heavy atom. The van der Waals surface area contributed by atoms with Gasteiger partial charge in [0.1, 0.15) is 5.56 Å². The molecule has 60 heavy (non-hydrogen) atoms. The van der Waals surface area contributed by atoms with Crippen LogP contribution in [-0.4, -0.2) is 32.8 Å². The predicted molar refractivity (Wildman–Crippen MR) is 249 cm³/mol. The van der Waals surface area contributed by atoms with Crippen molar-refractivity contribution < 1.29 is 9.14 Å². The Morgan fingerprint density at radius 1 is 0.717 bits per heavy atom. The summed E-state index contributed by atoms with van der Waals surface area (Å²) in [6, 6.07) is 35.9. The molecule has 4 heteroatoms. The zero-order chi connectivity index (χ0) is 41.1. The van der Waals surface area contributed by atoms with Gasteiger partial charge in [-0.1, -0.05) is 159 Å². The number of hydrogen-bond acceptors (Lipinski definition) is 2. The molecule has 0 radical (unpaired) electrons. The second kappa shape index (κ2) is 13.7. The molecule has 5 aromatic carbocycles. The fourth-order valence-electron chi connectivity index (χ4n) is 12.5.